The maximum absolute atomic E-state index is 12.4. The third kappa shape index (κ3) is 3.10. The molecule has 0 bridgehead atoms. The van der Waals surface area contributed by atoms with Gasteiger partial charge in [-0.1, -0.05) is 11.6 Å². The molecule has 5 nitrogen and oxygen atoms in total. The van der Waals surface area contributed by atoms with Crippen molar-refractivity contribution in [1.29, 1.82) is 0 Å². The summed E-state index contributed by atoms with van der Waals surface area (Å²) in [6.07, 6.45) is 5.32. The van der Waals surface area contributed by atoms with Crippen LogP contribution in [0.5, 0.6) is 0 Å². The van der Waals surface area contributed by atoms with Crippen molar-refractivity contribution in [2.45, 2.75) is 12.8 Å². The van der Waals surface area contributed by atoms with Crippen molar-refractivity contribution >= 4 is 28.4 Å². The van der Waals surface area contributed by atoms with Crippen LogP contribution in [0.3, 0.4) is 0 Å². The Hall–Kier alpha value is -1.98. The van der Waals surface area contributed by atoms with Gasteiger partial charge < -0.3 is 10.0 Å². The number of rotatable bonds is 4. The number of hydrogen-bond acceptors (Lipinski definition) is 3. The van der Waals surface area contributed by atoms with E-state index in [9.17, 15) is 4.79 Å². The molecule has 1 amide bonds. The van der Waals surface area contributed by atoms with Crippen LogP contribution >= 0.6 is 11.6 Å². The van der Waals surface area contributed by atoms with Gasteiger partial charge in [0.05, 0.1) is 12.1 Å². The maximum atomic E-state index is 12.4. The Morgan fingerprint density at radius 1 is 1.36 bits per heavy atom. The van der Waals surface area contributed by atoms with Crippen molar-refractivity contribution in [2.24, 2.45) is 0 Å². The van der Waals surface area contributed by atoms with Crippen LogP contribution in [0.25, 0.3) is 10.9 Å². The maximum Gasteiger partial charge on any atom is 0.267 e. The number of carbonyl (C=O) groups excluding carboxylic acids is 1. The van der Waals surface area contributed by atoms with Gasteiger partial charge in [-0.25, -0.2) is 0 Å². The number of aromatic nitrogens is 1. The summed E-state index contributed by atoms with van der Waals surface area (Å²) in [5.41, 5.74) is 4.53. The summed E-state index contributed by atoms with van der Waals surface area (Å²) in [6.45, 7) is 1.53. The predicted octanol–water partition coefficient (Wildman–Crippen LogP) is 2.34. The minimum atomic E-state index is -0.116. The van der Waals surface area contributed by atoms with Crippen LogP contribution in [0.15, 0.2) is 42.2 Å². The normalized spacial score (nSPS) is 15.0. The summed E-state index contributed by atoms with van der Waals surface area (Å²) < 4.78 is 1.71. The van der Waals surface area contributed by atoms with E-state index in [1.807, 2.05) is 35.5 Å². The van der Waals surface area contributed by atoms with Gasteiger partial charge in [-0.3, -0.25) is 14.9 Å². The van der Waals surface area contributed by atoms with Crippen LogP contribution in [-0.2, 0) is 4.79 Å². The van der Waals surface area contributed by atoms with Crippen LogP contribution in [-0.4, -0.2) is 40.3 Å². The molecule has 3 rings (SSSR count). The second-order valence-corrected chi connectivity index (χ2v) is 5.78. The van der Waals surface area contributed by atoms with E-state index in [2.05, 4.69) is 5.43 Å². The first-order chi connectivity index (χ1) is 10.7. The Kier molecular flexibility index (Phi) is 4.36. The van der Waals surface area contributed by atoms with Crippen molar-refractivity contribution in [2.75, 3.05) is 25.1 Å². The van der Waals surface area contributed by atoms with Gasteiger partial charge in [0, 0.05) is 41.5 Å². The van der Waals surface area contributed by atoms with Gasteiger partial charge in [-0.05, 0) is 37.1 Å². The first-order valence-corrected chi connectivity index (χ1v) is 7.69. The number of β-amino-alcohol motifs (C(OH)–C–C–N with tert-alkyl or cyclic N) is 1. The molecule has 0 saturated heterocycles. The van der Waals surface area contributed by atoms with Crippen LogP contribution in [0.1, 0.15) is 12.8 Å². The number of benzene rings is 1. The number of nitrogens with zero attached hydrogens (tertiary/aromatic N) is 2. The minimum Gasteiger partial charge on any atom is -0.395 e. The number of nitrogens with one attached hydrogen (secondary N) is 1. The first kappa shape index (κ1) is 14.9. The van der Waals surface area contributed by atoms with Crippen molar-refractivity contribution in [3.05, 3.63) is 47.3 Å². The summed E-state index contributed by atoms with van der Waals surface area (Å²) in [4.78, 5) is 14.4. The molecule has 0 radical (unpaired) electrons. The molecular weight excluding hydrogens is 302 g/mol. The van der Waals surface area contributed by atoms with E-state index in [0.29, 0.717) is 11.6 Å². The molecule has 0 unspecified atom stereocenters. The standard InChI is InChI=1S/C16H18ClN3O2/c17-14-3-4-15-12(10-14)5-7-20(15)18-16(22)13-2-1-6-19(11-13)8-9-21/h3-5,7,10-11,21H,1-2,6,8-9H2,(H,18,22). The summed E-state index contributed by atoms with van der Waals surface area (Å²) in [6, 6.07) is 7.46. The highest BCUT2D eigenvalue weighted by Gasteiger charge is 2.16. The minimum absolute atomic E-state index is 0.0917. The summed E-state index contributed by atoms with van der Waals surface area (Å²) >= 11 is 5.97. The third-order valence-electron chi connectivity index (χ3n) is 3.78. The SMILES string of the molecule is O=C(Nn1ccc2cc(Cl)ccc21)C1=CN(CCO)CCC1. The highest BCUT2D eigenvalue weighted by molar-refractivity contribution is 6.31. The van der Waals surface area contributed by atoms with Crippen LogP contribution in [0.2, 0.25) is 5.02 Å². The molecule has 2 aromatic rings. The van der Waals surface area contributed by atoms with Crippen LogP contribution in [0.4, 0.5) is 0 Å². The fraction of sp³-hybridized carbons (Fsp3) is 0.312. The number of carbonyl (C=O) groups is 1. The van der Waals surface area contributed by atoms with Gasteiger partial charge in [0.25, 0.3) is 5.91 Å². The molecular formula is C16H18ClN3O2. The Balaban J connectivity index is 1.78. The van der Waals surface area contributed by atoms with Gasteiger partial charge >= 0.3 is 0 Å². The van der Waals surface area contributed by atoms with E-state index in [0.717, 1.165) is 35.9 Å². The lowest BCUT2D eigenvalue weighted by Crippen LogP contribution is -2.31. The lowest BCUT2D eigenvalue weighted by molar-refractivity contribution is -0.114. The molecule has 6 heteroatoms. The monoisotopic (exact) mass is 319 g/mol. The summed E-state index contributed by atoms with van der Waals surface area (Å²) in [5, 5.41) is 10.7. The van der Waals surface area contributed by atoms with Crippen molar-refractivity contribution in [3.8, 4) is 0 Å². The van der Waals surface area contributed by atoms with Crippen molar-refractivity contribution < 1.29 is 9.90 Å². The van der Waals surface area contributed by atoms with Crippen LogP contribution in [0, 0.1) is 0 Å². The molecule has 2 N–H and O–H groups in total. The second kappa shape index (κ2) is 6.42. The van der Waals surface area contributed by atoms with Gasteiger partial charge in [0.15, 0.2) is 0 Å². The van der Waals surface area contributed by atoms with E-state index in [-0.39, 0.29) is 12.5 Å². The predicted molar refractivity (Wildman–Crippen MR) is 87.3 cm³/mol. The Bertz CT molecular complexity index is 723. The lowest BCUT2D eigenvalue weighted by Gasteiger charge is -2.25. The Morgan fingerprint density at radius 3 is 3.05 bits per heavy atom. The molecule has 0 aliphatic carbocycles. The van der Waals surface area contributed by atoms with Crippen molar-refractivity contribution in [1.82, 2.24) is 9.58 Å². The first-order valence-electron chi connectivity index (χ1n) is 7.31. The highest BCUT2D eigenvalue weighted by Crippen LogP contribution is 2.20. The average Bonchev–Trinajstić information content (AvgIpc) is 2.90. The van der Waals surface area contributed by atoms with E-state index in [1.54, 1.807) is 10.7 Å². The lowest BCUT2D eigenvalue weighted by atomic mass is 10.1. The molecule has 22 heavy (non-hydrogen) atoms. The van der Waals surface area contributed by atoms with Gasteiger partial charge in [0.1, 0.15) is 0 Å². The topological polar surface area (TPSA) is 57.5 Å². The van der Waals surface area contributed by atoms with E-state index < -0.39 is 0 Å². The smallest absolute Gasteiger partial charge is 0.267 e. The molecule has 0 saturated carbocycles. The molecule has 116 valence electrons. The van der Waals surface area contributed by atoms with Crippen LogP contribution < -0.4 is 5.43 Å². The second-order valence-electron chi connectivity index (χ2n) is 5.35. The number of amides is 1. The highest BCUT2D eigenvalue weighted by atomic mass is 35.5. The Morgan fingerprint density at radius 2 is 2.23 bits per heavy atom. The number of halogens is 1. The molecule has 2 heterocycles. The molecule has 0 atom stereocenters. The molecule has 1 aromatic heterocycles. The van der Waals surface area contributed by atoms with E-state index in [4.69, 9.17) is 16.7 Å². The van der Waals surface area contributed by atoms with Crippen molar-refractivity contribution in [3.63, 3.8) is 0 Å². The number of hydrogen-bond donors (Lipinski definition) is 2. The van der Waals surface area contributed by atoms with Gasteiger partial charge in [-0.15, -0.1) is 0 Å². The van der Waals surface area contributed by atoms with E-state index >= 15 is 0 Å². The zero-order chi connectivity index (χ0) is 15.5. The molecule has 1 aliphatic rings. The largest absolute Gasteiger partial charge is 0.395 e. The summed E-state index contributed by atoms with van der Waals surface area (Å²) in [7, 11) is 0. The van der Waals surface area contributed by atoms with Gasteiger partial charge in [0.2, 0.25) is 0 Å². The molecule has 0 fully saturated rings. The number of fused-ring (bicyclic) bond motifs is 1. The fourth-order valence-electron chi connectivity index (χ4n) is 2.69. The zero-order valence-electron chi connectivity index (χ0n) is 12.1. The number of aliphatic hydroxyl groups is 1. The number of aliphatic hydroxyl groups excluding tert-OH is 1. The Labute approximate surface area is 133 Å². The molecule has 1 aromatic carbocycles. The summed E-state index contributed by atoms with van der Waals surface area (Å²) in [5.74, 6) is -0.116. The van der Waals surface area contributed by atoms with Gasteiger partial charge in [-0.2, -0.15) is 0 Å². The third-order valence-corrected chi connectivity index (χ3v) is 4.02. The van der Waals surface area contributed by atoms with E-state index in [1.165, 1.54) is 0 Å². The quantitative estimate of drug-likeness (QED) is 0.909. The molecule has 0 spiro atoms. The molecule has 1 aliphatic heterocycles. The average molecular weight is 320 g/mol. The fourth-order valence-corrected chi connectivity index (χ4v) is 2.87. The zero-order valence-corrected chi connectivity index (χ0v) is 12.9.